The Bertz CT molecular complexity index is 66.7. The maximum atomic E-state index is 7.84. The summed E-state index contributed by atoms with van der Waals surface area (Å²) in [6, 6.07) is 0. The van der Waals surface area contributed by atoms with Crippen molar-refractivity contribution in [1.82, 2.24) is 11.0 Å². The van der Waals surface area contributed by atoms with Gasteiger partial charge in [-0.25, -0.2) is 0 Å². The average molecular weight is 122 g/mol. The molecule has 0 bridgehead atoms. The third-order valence-electron chi connectivity index (χ3n) is 0.343. The Morgan fingerprint density at radius 1 is 1.86 bits per heavy atom. The topological polar surface area (TPSA) is 53.5 Å². The molecule has 42 valence electrons. The van der Waals surface area contributed by atoms with Crippen LogP contribution in [0.5, 0.6) is 0 Å². The minimum absolute atomic E-state index is 0.0995. The van der Waals surface area contributed by atoms with Gasteiger partial charge < -0.3 is 4.74 Å². The molecule has 5 heteroatoms. The van der Waals surface area contributed by atoms with Crippen molar-refractivity contribution in [1.29, 1.82) is 0 Å². The maximum Gasteiger partial charge on any atom is 0.272 e. The summed E-state index contributed by atoms with van der Waals surface area (Å²) in [7, 11) is 1.40. The first kappa shape index (κ1) is 6.61. The van der Waals surface area contributed by atoms with E-state index in [0.29, 0.717) is 0 Å². The monoisotopic (exact) mass is 122 g/mol. The van der Waals surface area contributed by atoms with Crippen LogP contribution in [0.1, 0.15) is 0 Å². The van der Waals surface area contributed by atoms with Gasteiger partial charge >= 0.3 is 0 Å². The van der Waals surface area contributed by atoms with Crippen molar-refractivity contribution in [3.05, 3.63) is 0 Å². The molecule has 0 unspecified atom stereocenters. The molecule has 0 aliphatic rings. The standard InChI is InChI=1S/C2H6N2O2S/c1-6-2(7)3-4-5/h4-5H,1H3,(H,3,7). The summed E-state index contributed by atoms with van der Waals surface area (Å²) >= 11 is 4.40. The molecule has 0 aliphatic carbocycles. The lowest BCUT2D eigenvalue weighted by Crippen LogP contribution is -2.34. The average Bonchev–Trinajstić information content (AvgIpc) is 1.68. The van der Waals surface area contributed by atoms with Crippen LogP contribution in [0.2, 0.25) is 0 Å². The van der Waals surface area contributed by atoms with Gasteiger partial charge in [-0.2, -0.15) is 0 Å². The molecule has 0 fully saturated rings. The van der Waals surface area contributed by atoms with Crippen molar-refractivity contribution in [3.8, 4) is 0 Å². The lowest BCUT2D eigenvalue weighted by atomic mass is 11.3. The molecule has 7 heavy (non-hydrogen) atoms. The Morgan fingerprint density at radius 3 is 2.57 bits per heavy atom. The quantitative estimate of drug-likeness (QED) is 0.320. The Labute approximate surface area is 46.4 Å². The van der Waals surface area contributed by atoms with Gasteiger partial charge in [-0.3, -0.25) is 10.6 Å². The van der Waals surface area contributed by atoms with Crippen LogP contribution in [0.15, 0.2) is 0 Å². The molecule has 0 saturated heterocycles. The predicted molar refractivity (Wildman–Crippen MR) is 27.7 cm³/mol. The molecule has 0 aromatic carbocycles. The van der Waals surface area contributed by atoms with Gasteiger partial charge in [0.15, 0.2) is 0 Å². The number of methoxy groups -OCH3 is 1. The molecule has 0 radical (unpaired) electrons. The summed E-state index contributed by atoms with van der Waals surface area (Å²) in [5, 5.41) is 7.94. The highest BCUT2D eigenvalue weighted by Crippen LogP contribution is 1.64. The van der Waals surface area contributed by atoms with E-state index in [1.165, 1.54) is 7.11 Å². The fourth-order valence-corrected chi connectivity index (χ4v) is 0.142. The second kappa shape index (κ2) is 3.79. The zero-order valence-electron chi connectivity index (χ0n) is 3.76. The van der Waals surface area contributed by atoms with E-state index in [-0.39, 0.29) is 5.17 Å². The van der Waals surface area contributed by atoms with Crippen LogP contribution in [-0.2, 0) is 4.74 Å². The van der Waals surface area contributed by atoms with E-state index in [9.17, 15) is 0 Å². The summed E-state index contributed by atoms with van der Waals surface area (Å²) in [6.07, 6.45) is 0. The van der Waals surface area contributed by atoms with Crippen LogP contribution < -0.4 is 11.0 Å². The summed E-state index contributed by atoms with van der Waals surface area (Å²) in [4.78, 5) is 0. The molecular weight excluding hydrogens is 116 g/mol. The summed E-state index contributed by atoms with van der Waals surface area (Å²) < 4.78 is 4.39. The highest BCUT2D eigenvalue weighted by atomic mass is 32.1. The second-order valence-corrected chi connectivity index (χ2v) is 1.10. The van der Waals surface area contributed by atoms with E-state index in [1.807, 2.05) is 0 Å². The number of thiocarbonyl (C=S) groups is 1. The molecule has 0 atom stereocenters. The minimum atomic E-state index is 0.0995. The fraction of sp³-hybridized carbons (Fsp3) is 0.500. The van der Waals surface area contributed by atoms with Crippen molar-refractivity contribution in [2.24, 2.45) is 0 Å². The molecule has 0 spiro atoms. The zero-order valence-corrected chi connectivity index (χ0v) is 4.58. The van der Waals surface area contributed by atoms with E-state index < -0.39 is 0 Å². The summed E-state index contributed by atoms with van der Waals surface area (Å²) in [5.41, 5.74) is 3.71. The van der Waals surface area contributed by atoms with Crippen LogP contribution in [0.25, 0.3) is 0 Å². The molecule has 3 N–H and O–H groups in total. The van der Waals surface area contributed by atoms with Gasteiger partial charge in [0.2, 0.25) is 0 Å². The Balaban J connectivity index is 3.00. The van der Waals surface area contributed by atoms with Crippen molar-refractivity contribution in [2.45, 2.75) is 0 Å². The van der Waals surface area contributed by atoms with Crippen molar-refractivity contribution < 1.29 is 9.94 Å². The largest absolute Gasteiger partial charge is 0.473 e. The normalized spacial score (nSPS) is 7.71. The van der Waals surface area contributed by atoms with Gasteiger partial charge in [-0.05, 0) is 12.2 Å². The maximum absolute atomic E-state index is 7.84. The Kier molecular flexibility index (Phi) is 3.58. The number of nitrogens with one attached hydrogen (secondary N) is 2. The van der Waals surface area contributed by atoms with Gasteiger partial charge in [0.1, 0.15) is 0 Å². The Morgan fingerprint density at radius 2 is 2.43 bits per heavy atom. The van der Waals surface area contributed by atoms with Gasteiger partial charge in [-0.15, -0.1) is 5.59 Å². The zero-order chi connectivity index (χ0) is 5.70. The van der Waals surface area contributed by atoms with E-state index >= 15 is 0 Å². The van der Waals surface area contributed by atoms with E-state index in [0.717, 1.165) is 0 Å². The van der Waals surface area contributed by atoms with Gasteiger partial charge in [0, 0.05) is 0 Å². The number of hydrogen-bond donors (Lipinski definition) is 3. The van der Waals surface area contributed by atoms with Crippen LogP contribution >= 0.6 is 12.2 Å². The van der Waals surface area contributed by atoms with E-state index in [2.05, 4.69) is 22.4 Å². The molecule has 0 saturated carbocycles. The molecule has 0 aliphatic heterocycles. The van der Waals surface area contributed by atoms with E-state index in [1.54, 1.807) is 5.59 Å². The number of hydrazine groups is 1. The third-order valence-corrected chi connectivity index (χ3v) is 0.612. The first-order chi connectivity index (χ1) is 3.31. The first-order valence-electron chi connectivity index (χ1n) is 1.54. The third kappa shape index (κ3) is 3.44. The van der Waals surface area contributed by atoms with Gasteiger partial charge in [0.25, 0.3) is 5.17 Å². The van der Waals surface area contributed by atoms with Crippen LogP contribution in [0.3, 0.4) is 0 Å². The van der Waals surface area contributed by atoms with Crippen LogP contribution in [-0.4, -0.2) is 17.5 Å². The first-order valence-corrected chi connectivity index (χ1v) is 1.95. The highest BCUT2D eigenvalue weighted by Gasteiger charge is 1.83. The smallest absolute Gasteiger partial charge is 0.272 e. The minimum Gasteiger partial charge on any atom is -0.473 e. The summed E-state index contributed by atoms with van der Waals surface area (Å²) in [5.74, 6) is 0. The molecular formula is C2H6N2O2S. The number of rotatable bonds is 1. The molecule has 4 nitrogen and oxygen atoms in total. The van der Waals surface area contributed by atoms with Crippen LogP contribution in [0, 0.1) is 0 Å². The summed E-state index contributed by atoms with van der Waals surface area (Å²) in [6.45, 7) is 0. The molecule has 0 rings (SSSR count). The van der Waals surface area contributed by atoms with Crippen molar-refractivity contribution >= 4 is 17.4 Å². The number of ether oxygens (including phenoxy) is 1. The van der Waals surface area contributed by atoms with Crippen molar-refractivity contribution in [3.63, 3.8) is 0 Å². The second-order valence-electron chi connectivity index (χ2n) is 0.728. The lowest BCUT2D eigenvalue weighted by Gasteiger charge is -1.99. The number of hydrogen-bond acceptors (Lipinski definition) is 4. The van der Waals surface area contributed by atoms with E-state index in [4.69, 9.17) is 5.21 Å². The molecule has 0 aromatic heterocycles. The lowest BCUT2D eigenvalue weighted by molar-refractivity contribution is 0.136. The van der Waals surface area contributed by atoms with Crippen LogP contribution in [0.4, 0.5) is 0 Å². The Hall–Kier alpha value is -0.390. The molecule has 0 amide bonds. The van der Waals surface area contributed by atoms with Gasteiger partial charge in [-0.1, -0.05) is 0 Å². The van der Waals surface area contributed by atoms with Crippen molar-refractivity contribution in [2.75, 3.05) is 7.11 Å². The molecule has 0 aromatic rings. The highest BCUT2D eigenvalue weighted by molar-refractivity contribution is 7.80. The SMILES string of the molecule is COC(=S)NNO. The fourth-order valence-electron chi connectivity index (χ4n) is 0.0967. The van der Waals surface area contributed by atoms with Gasteiger partial charge in [0.05, 0.1) is 7.11 Å². The predicted octanol–water partition coefficient (Wildman–Crippen LogP) is -0.599. The molecule has 0 heterocycles.